The summed E-state index contributed by atoms with van der Waals surface area (Å²) in [7, 11) is 1.98. The van der Waals surface area contributed by atoms with Crippen LogP contribution in [0.15, 0.2) is 52.9 Å². The average molecular weight is 256 g/mol. The molecule has 2 N–H and O–H groups in total. The molecule has 0 saturated heterocycles. The van der Waals surface area contributed by atoms with Gasteiger partial charge in [0.2, 0.25) is 0 Å². The predicted octanol–water partition coefficient (Wildman–Crippen LogP) is 2.70. The van der Waals surface area contributed by atoms with Crippen molar-refractivity contribution in [2.24, 2.45) is 7.05 Å². The molecule has 0 spiro atoms. The van der Waals surface area contributed by atoms with Crippen LogP contribution < -0.4 is 5.73 Å². The van der Waals surface area contributed by atoms with Gasteiger partial charge in [-0.25, -0.2) is 4.98 Å². The summed E-state index contributed by atoms with van der Waals surface area (Å²) in [4.78, 5) is 9.75. The van der Waals surface area contributed by atoms with Crippen LogP contribution in [0.25, 0.3) is 10.9 Å². The van der Waals surface area contributed by atoms with E-state index in [1.807, 2.05) is 42.1 Å². The van der Waals surface area contributed by atoms with Gasteiger partial charge in [0.05, 0.1) is 11.2 Å². The molecule has 3 rings (SSSR count). The van der Waals surface area contributed by atoms with Gasteiger partial charge in [0.25, 0.3) is 0 Å². The highest BCUT2D eigenvalue weighted by Gasteiger charge is 2.08. The lowest BCUT2D eigenvalue weighted by molar-refractivity contribution is 0.790. The van der Waals surface area contributed by atoms with E-state index in [1.54, 1.807) is 24.2 Å². The van der Waals surface area contributed by atoms with E-state index in [-0.39, 0.29) is 0 Å². The van der Waals surface area contributed by atoms with E-state index >= 15 is 0 Å². The van der Waals surface area contributed by atoms with Crippen molar-refractivity contribution >= 4 is 28.4 Å². The first kappa shape index (κ1) is 11.1. The number of nitrogen functional groups attached to an aromatic ring is 1. The number of rotatable bonds is 2. The van der Waals surface area contributed by atoms with Gasteiger partial charge < -0.3 is 10.3 Å². The molecule has 0 bridgehead atoms. The molecule has 0 radical (unpaired) electrons. The van der Waals surface area contributed by atoms with Crippen LogP contribution in [0.3, 0.4) is 0 Å². The second-order valence-corrected chi connectivity index (χ2v) is 4.98. The highest BCUT2D eigenvalue weighted by Crippen LogP contribution is 2.33. The van der Waals surface area contributed by atoms with Crippen molar-refractivity contribution in [2.45, 2.75) is 10.1 Å². The number of nitrogens with zero attached hydrogens (tertiary/aromatic N) is 3. The Kier molecular flexibility index (Phi) is 2.68. The first-order chi connectivity index (χ1) is 8.75. The van der Waals surface area contributed by atoms with E-state index in [1.165, 1.54) is 0 Å². The number of aromatic nitrogens is 3. The van der Waals surface area contributed by atoms with Gasteiger partial charge in [-0.15, -0.1) is 0 Å². The highest BCUT2D eigenvalue weighted by molar-refractivity contribution is 7.99. The number of aryl methyl sites for hydroxylation is 1. The van der Waals surface area contributed by atoms with Gasteiger partial charge in [-0.1, -0.05) is 17.8 Å². The molecule has 4 nitrogen and oxygen atoms in total. The second-order valence-electron chi connectivity index (χ2n) is 3.98. The molecular weight excluding hydrogens is 244 g/mol. The van der Waals surface area contributed by atoms with Crippen LogP contribution in [-0.2, 0) is 7.05 Å². The average Bonchev–Trinajstić information content (AvgIpc) is 2.79. The second kappa shape index (κ2) is 4.34. The molecule has 3 aromatic rings. The molecule has 0 unspecified atom stereocenters. The number of hydrogen-bond acceptors (Lipinski definition) is 4. The van der Waals surface area contributed by atoms with E-state index < -0.39 is 0 Å². The van der Waals surface area contributed by atoms with Gasteiger partial charge >= 0.3 is 0 Å². The molecule has 0 fully saturated rings. The van der Waals surface area contributed by atoms with Crippen LogP contribution >= 0.6 is 11.8 Å². The minimum atomic E-state index is 0.704. The van der Waals surface area contributed by atoms with Crippen molar-refractivity contribution in [2.75, 3.05) is 5.73 Å². The van der Waals surface area contributed by atoms with Crippen LogP contribution in [0, 0.1) is 0 Å². The number of fused-ring (bicyclic) bond motifs is 1. The van der Waals surface area contributed by atoms with E-state index in [0.717, 1.165) is 21.0 Å². The molecule has 0 aliphatic heterocycles. The number of benzene rings is 1. The van der Waals surface area contributed by atoms with E-state index in [4.69, 9.17) is 5.73 Å². The largest absolute Gasteiger partial charge is 0.397 e. The van der Waals surface area contributed by atoms with E-state index in [0.29, 0.717) is 5.69 Å². The molecule has 90 valence electrons. The summed E-state index contributed by atoms with van der Waals surface area (Å²) in [5, 5.41) is 2.01. The molecule has 5 heteroatoms. The van der Waals surface area contributed by atoms with Gasteiger partial charge in [0, 0.05) is 35.9 Å². The van der Waals surface area contributed by atoms with Gasteiger partial charge in [-0.05, 0) is 18.2 Å². The SMILES string of the molecule is Cn1ccnc1Sc1ccc(N)c2ncccc12. The Morgan fingerprint density at radius 1 is 1.17 bits per heavy atom. The summed E-state index contributed by atoms with van der Waals surface area (Å²) in [5.41, 5.74) is 7.48. The third-order valence-corrected chi connectivity index (χ3v) is 3.89. The van der Waals surface area contributed by atoms with Gasteiger partial charge in [0.1, 0.15) is 0 Å². The summed E-state index contributed by atoms with van der Waals surface area (Å²) < 4.78 is 1.99. The lowest BCUT2D eigenvalue weighted by Gasteiger charge is -2.07. The summed E-state index contributed by atoms with van der Waals surface area (Å²) in [6.45, 7) is 0. The predicted molar refractivity (Wildman–Crippen MR) is 73.5 cm³/mol. The monoisotopic (exact) mass is 256 g/mol. The summed E-state index contributed by atoms with van der Waals surface area (Å²) in [6, 6.07) is 7.85. The topological polar surface area (TPSA) is 56.7 Å². The van der Waals surface area contributed by atoms with E-state index in [2.05, 4.69) is 9.97 Å². The van der Waals surface area contributed by atoms with Crippen molar-refractivity contribution < 1.29 is 0 Å². The number of imidazole rings is 1. The maximum Gasteiger partial charge on any atom is 0.172 e. The highest BCUT2D eigenvalue weighted by atomic mass is 32.2. The number of anilines is 1. The number of pyridine rings is 1. The fraction of sp³-hybridized carbons (Fsp3) is 0.0769. The van der Waals surface area contributed by atoms with E-state index in [9.17, 15) is 0 Å². The van der Waals surface area contributed by atoms with Crippen molar-refractivity contribution in [1.82, 2.24) is 14.5 Å². The third-order valence-electron chi connectivity index (χ3n) is 2.74. The van der Waals surface area contributed by atoms with Crippen LogP contribution in [0.2, 0.25) is 0 Å². The van der Waals surface area contributed by atoms with Crippen LogP contribution in [0.5, 0.6) is 0 Å². The number of nitrogens with two attached hydrogens (primary N) is 1. The Balaban J connectivity index is 2.13. The Hall–Kier alpha value is -2.01. The molecular formula is C13H12N4S. The third kappa shape index (κ3) is 1.82. The Morgan fingerprint density at radius 3 is 2.83 bits per heavy atom. The molecule has 1 aromatic carbocycles. The first-order valence-electron chi connectivity index (χ1n) is 5.54. The molecule has 2 heterocycles. The maximum atomic E-state index is 5.94. The summed E-state index contributed by atoms with van der Waals surface area (Å²) >= 11 is 1.62. The zero-order chi connectivity index (χ0) is 12.5. The zero-order valence-electron chi connectivity index (χ0n) is 9.87. The lowest BCUT2D eigenvalue weighted by atomic mass is 10.2. The lowest BCUT2D eigenvalue weighted by Crippen LogP contribution is -1.92. The normalized spacial score (nSPS) is 10.9. The number of hydrogen-bond donors (Lipinski definition) is 1. The Morgan fingerprint density at radius 2 is 2.06 bits per heavy atom. The quantitative estimate of drug-likeness (QED) is 0.716. The van der Waals surface area contributed by atoms with Gasteiger partial charge in [0.15, 0.2) is 5.16 Å². The minimum absolute atomic E-state index is 0.704. The van der Waals surface area contributed by atoms with Crippen LogP contribution in [0.4, 0.5) is 5.69 Å². The zero-order valence-corrected chi connectivity index (χ0v) is 10.7. The van der Waals surface area contributed by atoms with Crippen molar-refractivity contribution in [1.29, 1.82) is 0 Å². The fourth-order valence-corrected chi connectivity index (χ4v) is 2.73. The minimum Gasteiger partial charge on any atom is -0.397 e. The van der Waals surface area contributed by atoms with Crippen LogP contribution in [-0.4, -0.2) is 14.5 Å². The van der Waals surface area contributed by atoms with Crippen molar-refractivity contribution in [3.05, 3.63) is 42.9 Å². The summed E-state index contributed by atoms with van der Waals surface area (Å²) in [6.07, 6.45) is 5.48. The molecule has 0 amide bonds. The van der Waals surface area contributed by atoms with Crippen molar-refractivity contribution in [3.63, 3.8) is 0 Å². The summed E-state index contributed by atoms with van der Waals surface area (Å²) in [5.74, 6) is 0. The van der Waals surface area contributed by atoms with Crippen LogP contribution in [0.1, 0.15) is 0 Å². The first-order valence-corrected chi connectivity index (χ1v) is 6.36. The Labute approximate surface area is 109 Å². The molecule has 0 aliphatic rings. The Bertz CT molecular complexity index is 705. The molecule has 0 aliphatic carbocycles. The molecule has 18 heavy (non-hydrogen) atoms. The molecule has 0 atom stereocenters. The molecule has 0 saturated carbocycles. The van der Waals surface area contributed by atoms with Gasteiger partial charge in [-0.3, -0.25) is 4.98 Å². The standard InChI is InChI=1S/C13H12N4S/c1-17-8-7-16-13(17)18-11-5-4-10(14)12-9(11)3-2-6-15-12/h2-8H,14H2,1H3. The van der Waals surface area contributed by atoms with Crippen molar-refractivity contribution in [3.8, 4) is 0 Å². The van der Waals surface area contributed by atoms with Gasteiger partial charge in [-0.2, -0.15) is 0 Å². The fourth-order valence-electron chi connectivity index (χ4n) is 1.81. The maximum absolute atomic E-state index is 5.94. The smallest absolute Gasteiger partial charge is 0.172 e. The molecule has 2 aromatic heterocycles.